The first-order valence-electron chi connectivity index (χ1n) is 9.15. The van der Waals surface area contributed by atoms with E-state index in [1.807, 2.05) is 23.1 Å². The number of hydrogen-bond acceptors (Lipinski definition) is 3. The second-order valence-corrected chi connectivity index (χ2v) is 7.01. The number of hydrogen-bond donors (Lipinski definition) is 0. The maximum atomic E-state index is 13.0. The maximum absolute atomic E-state index is 13.0. The van der Waals surface area contributed by atoms with Crippen LogP contribution in [-0.4, -0.2) is 22.0 Å². The van der Waals surface area contributed by atoms with E-state index < -0.39 is 0 Å². The molecular weight excluding hydrogens is 326 g/mol. The molecule has 2 aliphatic rings. The molecule has 5 nitrogen and oxygen atoms in total. The lowest BCUT2D eigenvalue weighted by Gasteiger charge is -2.19. The van der Waals surface area contributed by atoms with Crippen LogP contribution < -0.4 is 10.5 Å². The number of carbonyl (C=O) groups excluding carboxylic acids is 1. The Balaban J connectivity index is 1.58. The van der Waals surface area contributed by atoms with E-state index in [-0.39, 0.29) is 11.5 Å². The third-order valence-electron chi connectivity index (χ3n) is 5.45. The van der Waals surface area contributed by atoms with E-state index in [9.17, 15) is 9.59 Å². The van der Waals surface area contributed by atoms with Crippen LogP contribution in [0.5, 0.6) is 0 Å². The first-order chi connectivity index (χ1) is 12.7. The minimum absolute atomic E-state index is 0.00946. The molecule has 0 atom stereocenters. The van der Waals surface area contributed by atoms with Crippen LogP contribution in [-0.2, 0) is 19.4 Å². The highest BCUT2D eigenvalue weighted by molar-refractivity contribution is 6.08. The van der Waals surface area contributed by atoms with Gasteiger partial charge in [-0.15, -0.1) is 0 Å². The fourth-order valence-corrected chi connectivity index (χ4v) is 4.08. The molecule has 0 radical (unpaired) electrons. The van der Waals surface area contributed by atoms with E-state index in [0.717, 1.165) is 43.7 Å². The summed E-state index contributed by atoms with van der Waals surface area (Å²) < 4.78 is 1.78. The summed E-state index contributed by atoms with van der Waals surface area (Å²) in [5, 5.41) is 0.592. The van der Waals surface area contributed by atoms with E-state index in [0.29, 0.717) is 23.0 Å². The second-order valence-electron chi connectivity index (χ2n) is 7.01. The van der Waals surface area contributed by atoms with Crippen molar-refractivity contribution in [2.45, 2.75) is 32.2 Å². The van der Waals surface area contributed by atoms with Crippen molar-refractivity contribution in [2.24, 2.45) is 0 Å². The summed E-state index contributed by atoms with van der Waals surface area (Å²) in [6.45, 7) is 1.43. The van der Waals surface area contributed by atoms with Gasteiger partial charge in [-0.25, -0.2) is 4.98 Å². The van der Waals surface area contributed by atoms with E-state index in [1.54, 1.807) is 22.8 Å². The summed E-state index contributed by atoms with van der Waals surface area (Å²) >= 11 is 0. The zero-order chi connectivity index (χ0) is 17.7. The monoisotopic (exact) mass is 345 g/mol. The lowest BCUT2D eigenvalue weighted by atomic mass is 10.1. The predicted molar refractivity (Wildman–Crippen MR) is 101 cm³/mol. The Kier molecular flexibility index (Phi) is 3.42. The molecule has 2 aliphatic heterocycles. The number of fused-ring (bicyclic) bond motifs is 3. The molecule has 3 aromatic rings. The minimum Gasteiger partial charge on any atom is -0.308 e. The predicted octanol–water partition coefficient (Wildman–Crippen LogP) is 2.94. The molecule has 0 N–H and O–H groups in total. The topological polar surface area (TPSA) is 55.2 Å². The van der Waals surface area contributed by atoms with Gasteiger partial charge >= 0.3 is 0 Å². The SMILES string of the molecule is O=C(c1ccc2c(=O)n3c(nc2c1)CCCC3)N1CCc2ccccc21. The van der Waals surface area contributed by atoms with E-state index in [4.69, 9.17) is 0 Å². The maximum Gasteiger partial charge on any atom is 0.261 e. The molecule has 0 bridgehead atoms. The van der Waals surface area contributed by atoms with Crippen LogP contribution in [0.2, 0.25) is 0 Å². The highest BCUT2D eigenvalue weighted by Crippen LogP contribution is 2.29. The minimum atomic E-state index is -0.0310. The van der Waals surface area contributed by atoms with Crippen LogP contribution in [0.1, 0.15) is 34.6 Å². The van der Waals surface area contributed by atoms with Crippen molar-refractivity contribution in [3.8, 4) is 0 Å². The van der Waals surface area contributed by atoms with Crippen LogP contribution in [0.25, 0.3) is 10.9 Å². The molecule has 3 heterocycles. The highest BCUT2D eigenvalue weighted by atomic mass is 16.2. The Bertz CT molecular complexity index is 1100. The number of carbonyl (C=O) groups is 1. The average Bonchev–Trinajstić information content (AvgIpc) is 3.11. The summed E-state index contributed by atoms with van der Waals surface area (Å²) in [5.41, 5.74) is 3.40. The first kappa shape index (κ1) is 15.3. The molecule has 0 saturated heterocycles. The standard InChI is InChI=1S/C21H19N3O2/c25-20(23-12-10-14-5-1-2-6-18(14)23)15-8-9-16-17(13-15)22-19-7-3-4-11-24(19)21(16)26/h1-2,5-6,8-9,13H,3-4,7,10-12H2. The van der Waals surface area contributed by atoms with Crippen LogP contribution in [0.4, 0.5) is 5.69 Å². The van der Waals surface area contributed by atoms with Gasteiger partial charge in [0, 0.05) is 30.8 Å². The number of para-hydroxylation sites is 1. The molecule has 1 aromatic heterocycles. The molecule has 130 valence electrons. The quantitative estimate of drug-likeness (QED) is 0.681. The largest absolute Gasteiger partial charge is 0.308 e. The van der Waals surface area contributed by atoms with Crippen molar-refractivity contribution in [3.05, 3.63) is 69.8 Å². The Morgan fingerprint density at radius 3 is 2.81 bits per heavy atom. The first-order valence-corrected chi connectivity index (χ1v) is 9.15. The Morgan fingerprint density at radius 2 is 1.88 bits per heavy atom. The highest BCUT2D eigenvalue weighted by Gasteiger charge is 2.25. The third kappa shape index (κ3) is 2.27. The molecule has 1 amide bonds. The van der Waals surface area contributed by atoms with E-state index >= 15 is 0 Å². The number of aryl methyl sites for hydroxylation is 1. The third-order valence-corrected chi connectivity index (χ3v) is 5.45. The molecule has 2 aromatic carbocycles. The number of amides is 1. The Hall–Kier alpha value is -2.95. The van der Waals surface area contributed by atoms with Crippen LogP contribution >= 0.6 is 0 Å². The van der Waals surface area contributed by atoms with Crippen molar-refractivity contribution in [3.63, 3.8) is 0 Å². The van der Waals surface area contributed by atoms with Gasteiger partial charge in [-0.2, -0.15) is 0 Å². The summed E-state index contributed by atoms with van der Waals surface area (Å²) in [4.78, 5) is 32.2. The Morgan fingerprint density at radius 1 is 1.00 bits per heavy atom. The van der Waals surface area contributed by atoms with Gasteiger partial charge in [0.2, 0.25) is 0 Å². The normalized spacial score (nSPS) is 15.8. The van der Waals surface area contributed by atoms with Gasteiger partial charge in [0.05, 0.1) is 10.9 Å². The van der Waals surface area contributed by atoms with Gasteiger partial charge in [-0.1, -0.05) is 18.2 Å². The molecule has 5 rings (SSSR count). The number of nitrogens with zero attached hydrogens (tertiary/aromatic N) is 3. The van der Waals surface area contributed by atoms with Gasteiger partial charge < -0.3 is 4.90 Å². The van der Waals surface area contributed by atoms with Gasteiger partial charge in [-0.3, -0.25) is 14.2 Å². The lowest BCUT2D eigenvalue weighted by molar-refractivity contribution is 0.0989. The summed E-state index contributed by atoms with van der Waals surface area (Å²) in [7, 11) is 0. The lowest BCUT2D eigenvalue weighted by Crippen LogP contribution is -2.30. The molecule has 0 aliphatic carbocycles. The molecular formula is C21H19N3O2. The molecule has 0 spiro atoms. The van der Waals surface area contributed by atoms with Gasteiger partial charge in [0.1, 0.15) is 5.82 Å². The van der Waals surface area contributed by atoms with Gasteiger partial charge in [0.15, 0.2) is 0 Å². The van der Waals surface area contributed by atoms with E-state index in [1.165, 1.54) is 5.56 Å². The van der Waals surface area contributed by atoms with Crippen molar-refractivity contribution in [1.82, 2.24) is 9.55 Å². The number of benzene rings is 2. The number of rotatable bonds is 1. The zero-order valence-electron chi connectivity index (χ0n) is 14.4. The number of aromatic nitrogens is 2. The molecule has 0 fully saturated rings. The molecule has 5 heteroatoms. The molecule has 0 saturated carbocycles. The van der Waals surface area contributed by atoms with Crippen LogP contribution in [0, 0.1) is 0 Å². The van der Waals surface area contributed by atoms with Crippen molar-refractivity contribution in [2.75, 3.05) is 11.4 Å². The smallest absolute Gasteiger partial charge is 0.261 e. The van der Waals surface area contributed by atoms with Crippen LogP contribution in [0.15, 0.2) is 47.3 Å². The summed E-state index contributed by atoms with van der Waals surface area (Å²) in [6, 6.07) is 13.3. The fourth-order valence-electron chi connectivity index (χ4n) is 4.08. The number of anilines is 1. The molecule has 0 unspecified atom stereocenters. The van der Waals surface area contributed by atoms with Crippen molar-refractivity contribution < 1.29 is 4.79 Å². The second kappa shape index (κ2) is 5.80. The van der Waals surface area contributed by atoms with E-state index in [2.05, 4.69) is 11.1 Å². The van der Waals surface area contributed by atoms with Gasteiger partial charge in [0.25, 0.3) is 11.5 Å². The van der Waals surface area contributed by atoms with Crippen LogP contribution in [0.3, 0.4) is 0 Å². The molecule has 26 heavy (non-hydrogen) atoms. The Labute approximate surface area is 150 Å². The van der Waals surface area contributed by atoms with Crippen molar-refractivity contribution in [1.29, 1.82) is 0 Å². The summed E-state index contributed by atoms with van der Waals surface area (Å²) in [6.07, 6.45) is 3.78. The van der Waals surface area contributed by atoms with Gasteiger partial charge in [-0.05, 0) is 49.1 Å². The summed E-state index contributed by atoms with van der Waals surface area (Å²) in [5.74, 6) is 0.807. The fraction of sp³-hybridized carbons (Fsp3) is 0.286. The van der Waals surface area contributed by atoms with Crippen molar-refractivity contribution >= 4 is 22.5 Å². The zero-order valence-corrected chi connectivity index (χ0v) is 14.4. The average molecular weight is 345 g/mol.